The maximum Gasteiger partial charge on any atom is 0.152 e. The van der Waals surface area contributed by atoms with Crippen molar-refractivity contribution in [2.75, 3.05) is 0 Å². The lowest BCUT2D eigenvalue weighted by atomic mass is 9.92. The van der Waals surface area contributed by atoms with Crippen molar-refractivity contribution in [1.82, 2.24) is 4.98 Å². The molecule has 70 valence electrons. The standard InChI is InChI=1S/C11H10N2O/c1-11(2,7-12)10-5-8-3-4-13-6-9(8)14-10/h3-6H,1-2H3. The van der Waals surface area contributed by atoms with E-state index in [0.29, 0.717) is 5.76 Å². The van der Waals surface area contributed by atoms with Crippen LogP contribution >= 0.6 is 0 Å². The first-order valence-corrected chi connectivity index (χ1v) is 4.39. The Morgan fingerprint density at radius 1 is 1.50 bits per heavy atom. The predicted molar refractivity (Wildman–Crippen MR) is 52.6 cm³/mol. The molecule has 0 saturated carbocycles. The summed E-state index contributed by atoms with van der Waals surface area (Å²) in [7, 11) is 0. The van der Waals surface area contributed by atoms with E-state index < -0.39 is 5.41 Å². The van der Waals surface area contributed by atoms with Crippen molar-refractivity contribution in [1.29, 1.82) is 5.26 Å². The zero-order chi connectivity index (χ0) is 10.2. The quantitative estimate of drug-likeness (QED) is 0.687. The molecule has 14 heavy (non-hydrogen) atoms. The molecule has 2 aromatic rings. The van der Waals surface area contributed by atoms with E-state index in [2.05, 4.69) is 11.1 Å². The molecule has 2 heterocycles. The molecular formula is C11H10N2O. The Hall–Kier alpha value is -1.82. The molecular weight excluding hydrogens is 176 g/mol. The minimum atomic E-state index is -0.584. The number of aromatic nitrogens is 1. The topological polar surface area (TPSA) is 49.8 Å². The van der Waals surface area contributed by atoms with E-state index in [9.17, 15) is 0 Å². The van der Waals surface area contributed by atoms with Gasteiger partial charge in [-0.2, -0.15) is 5.26 Å². The zero-order valence-electron chi connectivity index (χ0n) is 8.11. The molecule has 3 nitrogen and oxygen atoms in total. The Morgan fingerprint density at radius 2 is 2.29 bits per heavy atom. The van der Waals surface area contributed by atoms with Crippen LogP contribution in [0.3, 0.4) is 0 Å². The fourth-order valence-corrected chi connectivity index (χ4v) is 1.25. The van der Waals surface area contributed by atoms with E-state index in [4.69, 9.17) is 9.68 Å². The van der Waals surface area contributed by atoms with Crippen LogP contribution in [0.1, 0.15) is 19.6 Å². The predicted octanol–water partition coefficient (Wildman–Crippen LogP) is 2.63. The summed E-state index contributed by atoms with van der Waals surface area (Å²) in [6.07, 6.45) is 3.37. The third kappa shape index (κ3) is 1.25. The minimum Gasteiger partial charge on any atom is -0.458 e. The van der Waals surface area contributed by atoms with Gasteiger partial charge in [-0.3, -0.25) is 4.98 Å². The van der Waals surface area contributed by atoms with Crippen molar-refractivity contribution in [3.8, 4) is 6.07 Å². The molecule has 3 heteroatoms. The van der Waals surface area contributed by atoms with Gasteiger partial charge in [-0.1, -0.05) is 0 Å². The number of pyridine rings is 1. The fraction of sp³-hybridized carbons (Fsp3) is 0.273. The van der Waals surface area contributed by atoms with Crippen LogP contribution in [0.15, 0.2) is 28.9 Å². The average molecular weight is 186 g/mol. The summed E-state index contributed by atoms with van der Waals surface area (Å²) in [6, 6.07) is 5.96. The highest BCUT2D eigenvalue weighted by Gasteiger charge is 2.24. The summed E-state index contributed by atoms with van der Waals surface area (Å²) >= 11 is 0. The number of nitriles is 1. The molecule has 0 unspecified atom stereocenters. The average Bonchev–Trinajstić information content (AvgIpc) is 2.61. The van der Waals surface area contributed by atoms with Gasteiger partial charge in [0.2, 0.25) is 0 Å². The third-order valence-electron chi connectivity index (χ3n) is 2.22. The molecule has 0 aromatic carbocycles. The first kappa shape index (κ1) is 8.76. The number of rotatable bonds is 1. The van der Waals surface area contributed by atoms with Gasteiger partial charge in [-0.25, -0.2) is 0 Å². The molecule has 0 aliphatic rings. The maximum atomic E-state index is 8.95. The normalized spacial score (nSPS) is 11.5. The van der Waals surface area contributed by atoms with Gasteiger partial charge in [0.15, 0.2) is 5.58 Å². The number of fused-ring (bicyclic) bond motifs is 1. The Balaban J connectivity index is 2.62. The minimum absolute atomic E-state index is 0.584. The maximum absolute atomic E-state index is 8.95. The second kappa shape index (κ2) is 2.85. The van der Waals surface area contributed by atoms with Gasteiger partial charge in [0, 0.05) is 11.6 Å². The van der Waals surface area contributed by atoms with E-state index in [1.165, 1.54) is 0 Å². The van der Waals surface area contributed by atoms with Crippen LogP contribution in [-0.2, 0) is 5.41 Å². The zero-order valence-corrected chi connectivity index (χ0v) is 8.11. The summed E-state index contributed by atoms with van der Waals surface area (Å²) < 4.78 is 5.54. The Morgan fingerprint density at radius 3 is 2.93 bits per heavy atom. The van der Waals surface area contributed by atoms with E-state index in [1.807, 2.05) is 26.0 Å². The fourth-order valence-electron chi connectivity index (χ4n) is 1.25. The monoisotopic (exact) mass is 186 g/mol. The lowest BCUT2D eigenvalue weighted by molar-refractivity contribution is 0.470. The van der Waals surface area contributed by atoms with E-state index in [0.717, 1.165) is 11.0 Å². The largest absolute Gasteiger partial charge is 0.458 e. The lowest BCUT2D eigenvalue weighted by Gasteiger charge is -2.09. The highest BCUT2D eigenvalue weighted by atomic mass is 16.3. The summed E-state index contributed by atoms with van der Waals surface area (Å²) in [4.78, 5) is 3.96. The van der Waals surface area contributed by atoms with Crippen LogP contribution < -0.4 is 0 Å². The molecule has 0 atom stereocenters. The van der Waals surface area contributed by atoms with Gasteiger partial charge in [-0.15, -0.1) is 0 Å². The molecule has 0 radical (unpaired) electrons. The Labute approximate surface area is 82.0 Å². The second-order valence-corrected chi connectivity index (χ2v) is 3.76. The first-order chi connectivity index (χ1) is 6.63. The molecule has 0 saturated heterocycles. The van der Waals surface area contributed by atoms with Gasteiger partial charge in [0.05, 0.1) is 12.3 Å². The van der Waals surface area contributed by atoms with Crippen LogP contribution in [0.25, 0.3) is 11.0 Å². The SMILES string of the molecule is CC(C)(C#N)c1cc2ccncc2o1. The molecule has 0 spiro atoms. The van der Waals surface area contributed by atoms with Crippen LogP contribution in [0.2, 0.25) is 0 Å². The summed E-state index contributed by atoms with van der Waals surface area (Å²) in [5.74, 6) is 0.683. The van der Waals surface area contributed by atoms with Crippen LogP contribution in [0.4, 0.5) is 0 Å². The van der Waals surface area contributed by atoms with Crippen molar-refractivity contribution >= 4 is 11.0 Å². The number of nitrogens with zero attached hydrogens (tertiary/aromatic N) is 2. The van der Waals surface area contributed by atoms with Crippen molar-refractivity contribution in [2.45, 2.75) is 19.3 Å². The van der Waals surface area contributed by atoms with Gasteiger partial charge < -0.3 is 4.42 Å². The van der Waals surface area contributed by atoms with Crippen molar-refractivity contribution in [2.24, 2.45) is 0 Å². The molecule has 0 bridgehead atoms. The molecule has 2 aromatic heterocycles. The van der Waals surface area contributed by atoms with Crippen molar-refractivity contribution in [3.63, 3.8) is 0 Å². The molecule has 0 N–H and O–H groups in total. The Bertz CT molecular complexity index is 472. The van der Waals surface area contributed by atoms with Gasteiger partial charge in [-0.05, 0) is 26.0 Å². The van der Waals surface area contributed by atoms with E-state index in [-0.39, 0.29) is 0 Å². The van der Waals surface area contributed by atoms with Gasteiger partial charge in [0.1, 0.15) is 11.2 Å². The van der Waals surface area contributed by atoms with E-state index >= 15 is 0 Å². The van der Waals surface area contributed by atoms with Crippen LogP contribution in [0, 0.1) is 11.3 Å². The Kier molecular flexibility index (Phi) is 1.78. The lowest BCUT2D eigenvalue weighted by Crippen LogP contribution is -2.12. The molecule has 2 rings (SSSR count). The third-order valence-corrected chi connectivity index (χ3v) is 2.22. The molecule has 0 aliphatic heterocycles. The smallest absolute Gasteiger partial charge is 0.152 e. The van der Waals surface area contributed by atoms with Gasteiger partial charge >= 0.3 is 0 Å². The first-order valence-electron chi connectivity index (χ1n) is 4.39. The van der Waals surface area contributed by atoms with Crippen LogP contribution in [-0.4, -0.2) is 4.98 Å². The number of hydrogen-bond acceptors (Lipinski definition) is 3. The molecule has 0 aliphatic carbocycles. The van der Waals surface area contributed by atoms with Crippen molar-refractivity contribution < 1.29 is 4.42 Å². The highest BCUT2D eigenvalue weighted by Crippen LogP contribution is 2.28. The van der Waals surface area contributed by atoms with Crippen molar-refractivity contribution in [3.05, 3.63) is 30.3 Å². The summed E-state index contributed by atoms with van der Waals surface area (Å²) in [6.45, 7) is 3.66. The summed E-state index contributed by atoms with van der Waals surface area (Å²) in [5.41, 5.74) is 0.143. The molecule has 0 fully saturated rings. The highest BCUT2D eigenvalue weighted by molar-refractivity contribution is 5.77. The summed E-state index contributed by atoms with van der Waals surface area (Å²) in [5, 5.41) is 9.93. The number of hydrogen-bond donors (Lipinski definition) is 0. The molecule has 0 amide bonds. The second-order valence-electron chi connectivity index (χ2n) is 3.76. The van der Waals surface area contributed by atoms with Gasteiger partial charge in [0.25, 0.3) is 0 Å². The van der Waals surface area contributed by atoms with Crippen LogP contribution in [0.5, 0.6) is 0 Å². The number of furan rings is 1. The van der Waals surface area contributed by atoms with E-state index in [1.54, 1.807) is 12.4 Å².